The summed E-state index contributed by atoms with van der Waals surface area (Å²) < 4.78 is 5.76. The van der Waals surface area contributed by atoms with Gasteiger partial charge < -0.3 is 15.2 Å². The fourth-order valence-electron chi connectivity index (χ4n) is 2.45. The Hall–Kier alpha value is -1.08. The molecule has 1 heterocycles. The summed E-state index contributed by atoms with van der Waals surface area (Å²) in [5, 5.41) is 24.6. The Morgan fingerprint density at radius 3 is 2.77 bits per heavy atom. The van der Waals surface area contributed by atoms with Gasteiger partial charge in [0.1, 0.15) is 17.5 Å². The predicted molar refractivity (Wildman–Crippen MR) is 87.1 cm³/mol. The van der Waals surface area contributed by atoms with Crippen LogP contribution in [0.1, 0.15) is 31.9 Å². The Balaban J connectivity index is 0.00000242. The number of nitro groups is 1. The molecule has 1 aromatic carbocycles. The molecule has 0 saturated carbocycles. The summed E-state index contributed by atoms with van der Waals surface area (Å²) >= 11 is 5.66. The highest BCUT2D eigenvalue weighted by atomic mass is 35.5. The number of aliphatic hydroxyl groups excluding tert-OH is 1. The average Bonchev–Trinajstić information content (AvgIpc) is 2.42. The predicted octanol–water partition coefficient (Wildman–Crippen LogP) is 2.81. The van der Waals surface area contributed by atoms with Gasteiger partial charge in [-0.15, -0.1) is 24.0 Å². The number of hydrogen-bond acceptors (Lipinski definition) is 5. The number of nitrogens with zero attached hydrogens (tertiary/aromatic N) is 1. The van der Waals surface area contributed by atoms with Gasteiger partial charge in [-0.2, -0.15) is 0 Å². The molecule has 0 spiro atoms. The average molecular weight is 351 g/mol. The van der Waals surface area contributed by atoms with Gasteiger partial charge in [-0.25, -0.2) is 0 Å². The maximum Gasteiger partial charge on any atom is 0.270 e. The third-order valence-electron chi connectivity index (χ3n) is 3.61. The Bertz CT molecular complexity index is 540. The summed E-state index contributed by atoms with van der Waals surface area (Å²) in [5.41, 5.74) is -0.194. The van der Waals surface area contributed by atoms with E-state index in [0.29, 0.717) is 23.7 Å². The van der Waals surface area contributed by atoms with Crippen molar-refractivity contribution in [2.24, 2.45) is 0 Å². The van der Waals surface area contributed by atoms with Crippen molar-refractivity contribution in [3.05, 3.63) is 33.9 Å². The second-order valence-electron chi connectivity index (χ2n) is 5.60. The van der Waals surface area contributed by atoms with Gasteiger partial charge in [-0.1, -0.05) is 0 Å². The third kappa shape index (κ3) is 3.81. The van der Waals surface area contributed by atoms with Crippen LogP contribution in [0.15, 0.2) is 18.2 Å². The van der Waals surface area contributed by atoms with Crippen molar-refractivity contribution in [3.63, 3.8) is 0 Å². The molecule has 8 heteroatoms. The van der Waals surface area contributed by atoms with E-state index in [4.69, 9.17) is 16.3 Å². The maximum atomic E-state index is 10.9. The molecule has 22 heavy (non-hydrogen) atoms. The number of rotatable bonds is 5. The van der Waals surface area contributed by atoms with Crippen LogP contribution < -0.4 is 10.1 Å². The van der Waals surface area contributed by atoms with Gasteiger partial charge in [-0.05, 0) is 32.9 Å². The van der Waals surface area contributed by atoms with E-state index in [9.17, 15) is 15.2 Å². The summed E-state index contributed by atoms with van der Waals surface area (Å²) in [6.07, 6.45) is -0.0709. The summed E-state index contributed by atoms with van der Waals surface area (Å²) in [4.78, 5) is 10.5. The number of halogens is 2. The number of alkyl halides is 1. The van der Waals surface area contributed by atoms with Gasteiger partial charge in [0.15, 0.2) is 0 Å². The standard InChI is InChI=1S/C14H19ClN2O4.ClH/c1-14(2)13(18)12(16-7-3-6-15)10-8-9(17(19)20)4-5-11(10)21-14;/h4-5,8,12-13,16,18H,3,6-7H2,1-2H3;1H/t12-,13+;/m0./s1. The molecule has 0 saturated heterocycles. The zero-order valence-corrected chi connectivity index (χ0v) is 14.0. The molecule has 0 radical (unpaired) electrons. The van der Waals surface area contributed by atoms with Crippen LogP contribution >= 0.6 is 24.0 Å². The van der Waals surface area contributed by atoms with Crippen molar-refractivity contribution in [1.29, 1.82) is 0 Å². The second kappa shape index (κ2) is 7.46. The lowest BCUT2D eigenvalue weighted by atomic mass is 9.86. The molecule has 0 aliphatic carbocycles. The Morgan fingerprint density at radius 2 is 2.18 bits per heavy atom. The number of benzene rings is 1. The zero-order valence-electron chi connectivity index (χ0n) is 12.4. The summed E-state index contributed by atoms with van der Waals surface area (Å²) in [6.45, 7) is 4.19. The van der Waals surface area contributed by atoms with E-state index in [2.05, 4.69) is 5.32 Å². The fraction of sp³-hybridized carbons (Fsp3) is 0.571. The van der Waals surface area contributed by atoms with Crippen LogP contribution in [0.2, 0.25) is 0 Å². The quantitative estimate of drug-likeness (QED) is 0.369. The highest BCUT2D eigenvalue weighted by Gasteiger charge is 2.43. The van der Waals surface area contributed by atoms with Crippen molar-refractivity contribution in [3.8, 4) is 5.75 Å². The van der Waals surface area contributed by atoms with Gasteiger partial charge in [0.05, 0.1) is 11.0 Å². The molecule has 2 atom stereocenters. The van der Waals surface area contributed by atoms with Gasteiger partial charge in [0.25, 0.3) is 5.69 Å². The van der Waals surface area contributed by atoms with Crippen LogP contribution in [-0.4, -0.2) is 34.2 Å². The van der Waals surface area contributed by atoms with E-state index in [-0.39, 0.29) is 18.1 Å². The number of aliphatic hydroxyl groups is 1. The molecule has 6 nitrogen and oxygen atoms in total. The Labute approximate surface area is 140 Å². The van der Waals surface area contributed by atoms with Gasteiger partial charge in [-0.3, -0.25) is 10.1 Å². The van der Waals surface area contributed by atoms with E-state index < -0.39 is 22.7 Å². The lowest BCUT2D eigenvalue weighted by molar-refractivity contribution is -0.385. The number of hydrogen-bond donors (Lipinski definition) is 2. The van der Waals surface area contributed by atoms with E-state index in [0.717, 1.165) is 6.42 Å². The molecule has 0 amide bonds. The molecule has 1 aliphatic rings. The molecular weight excluding hydrogens is 331 g/mol. The van der Waals surface area contributed by atoms with E-state index in [1.54, 1.807) is 19.9 Å². The normalized spacial score (nSPS) is 22.2. The van der Waals surface area contributed by atoms with Gasteiger partial charge in [0.2, 0.25) is 0 Å². The lowest BCUT2D eigenvalue weighted by Gasteiger charge is -2.42. The highest BCUT2D eigenvalue weighted by Crippen LogP contribution is 2.41. The largest absolute Gasteiger partial charge is 0.485 e. The Morgan fingerprint density at radius 1 is 1.50 bits per heavy atom. The lowest BCUT2D eigenvalue weighted by Crippen LogP contribution is -2.52. The number of nitro benzene ring substituents is 1. The molecule has 0 aromatic heterocycles. The summed E-state index contributed by atoms with van der Waals surface area (Å²) in [7, 11) is 0. The topological polar surface area (TPSA) is 84.6 Å². The van der Waals surface area contributed by atoms with Crippen molar-refractivity contribution >= 4 is 29.7 Å². The minimum absolute atomic E-state index is 0. The molecule has 1 aliphatic heterocycles. The van der Waals surface area contributed by atoms with Crippen molar-refractivity contribution in [2.45, 2.75) is 38.0 Å². The van der Waals surface area contributed by atoms with E-state index in [1.807, 2.05) is 0 Å². The first kappa shape index (κ1) is 19.0. The van der Waals surface area contributed by atoms with Crippen molar-refractivity contribution in [2.75, 3.05) is 12.4 Å². The fourth-order valence-corrected chi connectivity index (χ4v) is 2.58. The van der Waals surface area contributed by atoms with Crippen LogP contribution in [0.3, 0.4) is 0 Å². The van der Waals surface area contributed by atoms with E-state index in [1.165, 1.54) is 12.1 Å². The van der Waals surface area contributed by atoms with E-state index >= 15 is 0 Å². The van der Waals surface area contributed by atoms with Crippen LogP contribution in [-0.2, 0) is 0 Å². The number of nitrogens with one attached hydrogen (secondary N) is 1. The molecule has 0 bridgehead atoms. The first-order valence-electron chi connectivity index (χ1n) is 6.81. The molecule has 0 unspecified atom stereocenters. The van der Waals surface area contributed by atoms with Crippen LogP contribution in [0.25, 0.3) is 0 Å². The van der Waals surface area contributed by atoms with Gasteiger partial charge >= 0.3 is 0 Å². The molecule has 0 fully saturated rings. The minimum atomic E-state index is -0.817. The van der Waals surface area contributed by atoms with Crippen molar-refractivity contribution < 1.29 is 14.8 Å². The van der Waals surface area contributed by atoms with Crippen LogP contribution in [0.5, 0.6) is 5.75 Å². The van der Waals surface area contributed by atoms with Gasteiger partial charge in [0, 0.05) is 23.6 Å². The SMILES string of the molecule is CC1(C)Oc2ccc([N+](=O)[O-])cc2[C@H](NCCCCl)[C@H]1O.Cl. The Kier molecular flexibility index (Phi) is 6.43. The summed E-state index contributed by atoms with van der Waals surface area (Å²) in [5.74, 6) is 1.07. The third-order valence-corrected chi connectivity index (χ3v) is 3.88. The molecule has 124 valence electrons. The summed E-state index contributed by atoms with van der Waals surface area (Å²) in [6, 6.07) is 4.01. The highest BCUT2D eigenvalue weighted by molar-refractivity contribution is 6.17. The second-order valence-corrected chi connectivity index (χ2v) is 5.98. The zero-order chi connectivity index (χ0) is 15.6. The van der Waals surface area contributed by atoms with Crippen LogP contribution in [0, 0.1) is 10.1 Å². The number of ether oxygens (including phenoxy) is 1. The van der Waals surface area contributed by atoms with Crippen molar-refractivity contribution in [1.82, 2.24) is 5.32 Å². The molecular formula is C14H20Cl2N2O4. The monoisotopic (exact) mass is 350 g/mol. The first-order chi connectivity index (χ1) is 9.86. The smallest absolute Gasteiger partial charge is 0.270 e. The first-order valence-corrected chi connectivity index (χ1v) is 7.35. The minimum Gasteiger partial charge on any atom is -0.485 e. The molecule has 2 N–H and O–H groups in total. The molecule has 2 rings (SSSR count). The van der Waals surface area contributed by atoms with Crippen LogP contribution in [0.4, 0.5) is 5.69 Å². The maximum absolute atomic E-state index is 10.9. The number of fused-ring (bicyclic) bond motifs is 1. The molecule has 1 aromatic rings. The number of non-ortho nitro benzene ring substituents is 1.